The van der Waals surface area contributed by atoms with Gasteiger partial charge in [0.05, 0.1) is 12.2 Å². The number of hydrogen-bond acceptors (Lipinski definition) is 3. The Morgan fingerprint density at radius 1 is 1.00 bits per heavy atom. The number of carbonyl (C=O) groups is 2. The summed E-state index contributed by atoms with van der Waals surface area (Å²) in [7, 11) is 0. The summed E-state index contributed by atoms with van der Waals surface area (Å²) in [6, 6.07) is 13.8. The maximum absolute atomic E-state index is 12.0. The molecule has 2 rings (SSSR count). The van der Waals surface area contributed by atoms with E-state index < -0.39 is 0 Å². The van der Waals surface area contributed by atoms with Gasteiger partial charge in [-0.1, -0.05) is 25.1 Å². The van der Waals surface area contributed by atoms with Gasteiger partial charge in [-0.05, 0) is 49.2 Å². The molecule has 0 fully saturated rings. The number of nitrogens with one attached hydrogen (secondary N) is 2. The number of esters is 1. The van der Waals surface area contributed by atoms with E-state index in [-0.39, 0.29) is 12.0 Å². The van der Waals surface area contributed by atoms with Crippen molar-refractivity contribution in [2.24, 2.45) is 0 Å². The summed E-state index contributed by atoms with van der Waals surface area (Å²) in [5, 5.41) is 5.51. The molecule has 2 N–H and O–H groups in total. The average molecular weight is 312 g/mol. The quantitative estimate of drug-likeness (QED) is 0.813. The highest BCUT2D eigenvalue weighted by Gasteiger charge is 2.08. The van der Waals surface area contributed by atoms with Crippen LogP contribution in [0.1, 0.15) is 29.3 Å². The number of anilines is 2. The predicted molar refractivity (Wildman–Crippen MR) is 90.8 cm³/mol. The van der Waals surface area contributed by atoms with E-state index in [4.69, 9.17) is 4.74 Å². The summed E-state index contributed by atoms with van der Waals surface area (Å²) < 4.78 is 5.05. The molecule has 0 aliphatic rings. The highest BCUT2D eigenvalue weighted by Crippen LogP contribution is 2.15. The number of urea groups is 1. The topological polar surface area (TPSA) is 67.4 Å². The molecule has 0 spiro atoms. The maximum Gasteiger partial charge on any atom is 0.338 e. The third kappa shape index (κ3) is 4.85. The first-order valence-electron chi connectivity index (χ1n) is 7.51. The lowest BCUT2D eigenvalue weighted by molar-refractivity contribution is 0.0505. The van der Waals surface area contributed by atoms with Gasteiger partial charge in [0, 0.05) is 11.4 Å². The molecule has 0 saturated heterocycles. The Balaban J connectivity index is 1.94. The Bertz CT molecular complexity index is 681. The molecule has 0 aliphatic heterocycles. The van der Waals surface area contributed by atoms with E-state index in [0.717, 1.165) is 17.7 Å². The van der Waals surface area contributed by atoms with Crippen LogP contribution in [-0.2, 0) is 4.74 Å². The zero-order valence-corrected chi connectivity index (χ0v) is 13.3. The molecule has 0 heterocycles. The van der Waals surface area contributed by atoms with Gasteiger partial charge in [0.15, 0.2) is 0 Å². The van der Waals surface area contributed by atoms with Crippen molar-refractivity contribution in [1.29, 1.82) is 0 Å². The van der Waals surface area contributed by atoms with Crippen LogP contribution in [0.3, 0.4) is 0 Å². The number of amides is 2. The summed E-state index contributed by atoms with van der Waals surface area (Å²) in [4.78, 5) is 23.7. The van der Waals surface area contributed by atoms with E-state index in [1.54, 1.807) is 24.3 Å². The van der Waals surface area contributed by atoms with Crippen LogP contribution in [0.15, 0.2) is 48.5 Å². The highest BCUT2D eigenvalue weighted by molar-refractivity contribution is 6.00. The molecule has 0 bridgehead atoms. The molecule has 0 aromatic heterocycles. The van der Waals surface area contributed by atoms with E-state index in [9.17, 15) is 9.59 Å². The van der Waals surface area contributed by atoms with Gasteiger partial charge in [0.1, 0.15) is 0 Å². The number of ether oxygens (including phenoxy) is 1. The summed E-state index contributed by atoms with van der Waals surface area (Å²) in [5.74, 6) is -0.359. The number of hydrogen-bond donors (Lipinski definition) is 2. The Morgan fingerprint density at radius 3 is 2.35 bits per heavy atom. The Labute approximate surface area is 135 Å². The molecule has 2 amide bonds. The first-order valence-corrected chi connectivity index (χ1v) is 7.51. The fraction of sp³-hybridized carbons (Fsp3) is 0.222. The van der Waals surface area contributed by atoms with Crippen molar-refractivity contribution >= 4 is 23.4 Å². The van der Waals surface area contributed by atoms with Crippen molar-refractivity contribution in [3.8, 4) is 0 Å². The zero-order valence-electron chi connectivity index (χ0n) is 13.3. The number of para-hydroxylation sites is 1. The first-order chi connectivity index (χ1) is 11.1. The molecule has 5 nitrogen and oxygen atoms in total. The summed E-state index contributed by atoms with van der Waals surface area (Å²) in [6.07, 6.45) is 0.782. The van der Waals surface area contributed by atoms with Crippen LogP contribution in [0.25, 0.3) is 0 Å². The van der Waals surface area contributed by atoms with Gasteiger partial charge in [-0.25, -0.2) is 9.59 Å². The van der Waals surface area contributed by atoms with Crippen molar-refractivity contribution in [2.45, 2.75) is 20.3 Å². The van der Waals surface area contributed by atoms with Gasteiger partial charge < -0.3 is 15.4 Å². The minimum Gasteiger partial charge on any atom is -0.462 e. The summed E-state index contributed by atoms with van der Waals surface area (Å²) >= 11 is 0. The van der Waals surface area contributed by atoms with Crippen molar-refractivity contribution in [3.05, 3.63) is 59.7 Å². The van der Waals surface area contributed by atoms with Gasteiger partial charge in [-0.15, -0.1) is 0 Å². The first kappa shape index (κ1) is 16.5. The lowest BCUT2D eigenvalue weighted by atomic mass is 10.2. The van der Waals surface area contributed by atoms with Crippen LogP contribution in [0.5, 0.6) is 0 Å². The Morgan fingerprint density at radius 2 is 1.70 bits per heavy atom. The van der Waals surface area contributed by atoms with Crippen LogP contribution >= 0.6 is 0 Å². The van der Waals surface area contributed by atoms with Crippen molar-refractivity contribution in [2.75, 3.05) is 17.2 Å². The molecule has 120 valence electrons. The number of rotatable bonds is 5. The second-order valence-electron chi connectivity index (χ2n) is 5.11. The predicted octanol–water partition coefficient (Wildman–Crippen LogP) is 4.21. The van der Waals surface area contributed by atoms with Crippen molar-refractivity contribution in [3.63, 3.8) is 0 Å². The summed E-state index contributed by atoms with van der Waals surface area (Å²) in [6.45, 7) is 4.26. The molecule has 2 aromatic rings. The van der Waals surface area contributed by atoms with Crippen LogP contribution in [0.4, 0.5) is 16.2 Å². The van der Waals surface area contributed by atoms with E-state index in [1.165, 1.54) is 0 Å². The molecular weight excluding hydrogens is 292 g/mol. The zero-order chi connectivity index (χ0) is 16.7. The van der Waals surface area contributed by atoms with Gasteiger partial charge in [-0.3, -0.25) is 0 Å². The molecule has 0 aliphatic carbocycles. The maximum atomic E-state index is 12.0. The number of benzene rings is 2. The molecule has 2 aromatic carbocycles. The van der Waals surface area contributed by atoms with Crippen LogP contribution in [-0.4, -0.2) is 18.6 Å². The molecule has 0 unspecified atom stereocenters. The average Bonchev–Trinajstić information content (AvgIpc) is 2.55. The second-order valence-corrected chi connectivity index (χ2v) is 5.11. The lowest BCUT2D eigenvalue weighted by Crippen LogP contribution is -2.20. The fourth-order valence-corrected chi connectivity index (χ4v) is 1.97. The summed E-state index contributed by atoms with van der Waals surface area (Å²) in [5.41, 5.74) is 2.80. The van der Waals surface area contributed by atoms with E-state index >= 15 is 0 Å². The number of carbonyl (C=O) groups excluding carboxylic acids is 2. The van der Waals surface area contributed by atoms with Crippen molar-refractivity contribution < 1.29 is 14.3 Å². The number of aryl methyl sites for hydroxylation is 1. The van der Waals surface area contributed by atoms with Crippen LogP contribution in [0, 0.1) is 6.92 Å². The molecule has 0 atom stereocenters. The highest BCUT2D eigenvalue weighted by atomic mass is 16.5. The SMILES string of the molecule is CCCOC(=O)c1ccc(NC(=O)Nc2ccccc2C)cc1. The third-order valence-corrected chi connectivity index (χ3v) is 3.21. The van der Waals surface area contributed by atoms with E-state index in [1.807, 2.05) is 38.1 Å². The fourth-order valence-electron chi connectivity index (χ4n) is 1.97. The Hall–Kier alpha value is -2.82. The van der Waals surface area contributed by atoms with E-state index in [0.29, 0.717) is 17.9 Å². The standard InChI is InChI=1S/C18H20N2O3/c1-3-12-23-17(21)14-8-10-15(11-9-14)19-18(22)20-16-7-5-4-6-13(16)2/h4-11H,3,12H2,1-2H3,(H2,19,20,22). The van der Waals surface area contributed by atoms with Gasteiger partial charge in [-0.2, -0.15) is 0 Å². The van der Waals surface area contributed by atoms with Gasteiger partial charge >= 0.3 is 12.0 Å². The van der Waals surface area contributed by atoms with Crippen LogP contribution in [0.2, 0.25) is 0 Å². The monoisotopic (exact) mass is 312 g/mol. The molecule has 0 saturated carbocycles. The van der Waals surface area contributed by atoms with Crippen molar-refractivity contribution in [1.82, 2.24) is 0 Å². The minimum atomic E-state index is -0.359. The molecule has 0 radical (unpaired) electrons. The normalized spacial score (nSPS) is 10.0. The van der Waals surface area contributed by atoms with Crippen LogP contribution < -0.4 is 10.6 Å². The molecule has 5 heteroatoms. The van der Waals surface area contributed by atoms with Gasteiger partial charge in [0.25, 0.3) is 0 Å². The Kier molecular flexibility index (Phi) is 5.74. The second kappa shape index (κ2) is 7.98. The van der Waals surface area contributed by atoms with Gasteiger partial charge in [0.2, 0.25) is 0 Å². The molecule has 23 heavy (non-hydrogen) atoms. The lowest BCUT2D eigenvalue weighted by Gasteiger charge is -2.10. The largest absolute Gasteiger partial charge is 0.462 e. The minimum absolute atomic E-state index is 0.333. The smallest absolute Gasteiger partial charge is 0.338 e. The third-order valence-electron chi connectivity index (χ3n) is 3.21. The molecular formula is C18H20N2O3. The van der Waals surface area contributed by atoms with E-state index in [2.05, 4.69) is 10.6 Å².